The van der Waals surface area contributed by atoms with Crippen molar-refractivity contribution < 1.29 is 9.26 Å². The van der Waals surface area contributed by atoms with Gasteiger partial charge in [-0.05, 0) is 20.3 Å². The zero-order chi connectivity index (χ0) is 12.5. The molecule has 3 heterocycles. The molecular formula is C12H16N4O2. The number of ether oxygens (including phenoxy) is 1. The van der Waals surface area contributed by atoms with E-state index in [1.54, 1.807) is 6.33 Å². The third-order valence-electron chi connectivity index (χ3n) is 3.43. The number of aryl methyl sites for hydroxylation is 1. The van der Waals surface area contributed by atoms with Crippen LogP contribution in [0, 0.1) is 13.8 Å². The van der Waals surface area contributed by atoms with Gasteiger partial charge in [-0.2, -0.15) is 4.98 Å². The molecule has 0 aliphatic carbocycles. The zero-order valence-electron chi connectivity index (χ0n) is 10.6. The molecule has 1 atom stereocenters. The predicted molar refractivity (Wildman–Crippen MR) is 63.3 cm³/mol. The first-order valence-electron chi connectivity index (χ1n) is 6.12. The Hall–Kier alpha value is -1.69. The van der Waals surface area contributed by atoms with Crippen molar-refractivity contribution in [3.8, 4) is 0 Å². The Balaban J connectivity index is 1.75. The number of hydrogen-bond donors (Lipinski definition) is 0. The molecule has 0 radical (unpaired) electrons. The zero-order valence-corrected chi connectivity index (χ0v) is 10.6. The van der Waals surface area contributed by atoms with E-state index in [9.17, 15) is 0 Å². The molecule has 1 aliphatic rings. The summed E-state index contributed by atoms with van der Waals surface area (Å²) < 4.78 is 12.6. The van der Waals surface area contributed by atoms with Crippen molar-refractivity contribution in [2.24, 2.45) is 0 Å². The number of hydrogen-bond acceptors (Lipinski definition) is 5. The predicted octanol–water partition coefficient (Wildman–Crippen LogP) is 1.44. The molecule has 6 heteroatoms. The van der Waals surface area contributed by atoms with Gasteiger partial charge in [-0.15, -0.1) is 0 Å². The molecule has 3 rings (SSSR count). The average molecular weight is 248 g/mol. The van der Waals surface area contributed by atoms with Crippen LogP contribution in [0.2, 0.25) is 0 Å². The van der Waals surface area contributed by atoms with E-state index in [0.717, 1.165) is 30.2 Å². The summed E-state index contributed by atoms with van der Waals surface area (Å²) in [5.74, 6) is 1.67. The summed E-state index contributed by atoms with van der Waals surface area (Å²) in [6.45, 7) is 6.08. The maximum atomic E-state index is 5.32. The smallest absolute Gasteiger partial charge is 0.246 e. The fourth-order valence-corrected chi connectivity index (χ4v) is 2.09. The average Bonchev–Trinajstić information content (AvgIpc) is 3.06. The number of rotatable bonds is 3. The van der Waals surface area contributed by atoms with Crippen LogP contribution >= 0.6 is 0 Å². The molecule has 18 heavy (non-hydrogen) atoms. The van der Waals surface area contributed by atoms with Gasteiger partial charge >= 0.3 is 0 Å². The molecule has 1 unspecified atom stereocenters. The topological polar surface area (TPSA) is 66.0 Å². The second-order valence-electron chi connectivity index (χ2n) is 4.65. The van der Waals surface area contributed by atoms with Crippen LogP contribution in [0.1, 0.15) is 35.4 Å². The first-order valence-corrected chi connectivity index (χ1v) is 6.12. The minimum atomic E-state index is 0.285. The molecule has 0 aromatic carbocycles. The van der Waals surface area contributed by atoms with Crippen molar-refractivity contribution >= 4 is 0 Å². The highest BCUT2D eigenvalue weighted by Crippen LogP contribution is 2.22. The summed E-state index contributed by atoms with van der Waals surface area (Å²) in [5.41, 5.74) is 2.15. The van der Waals surface area contributed by atoms with Crippen LogP contribution in [0.15, 0.2) is 10.9 Å². The number of aromatic nitrogens is 4. The fraction of sp³-hybridized carbons (Fsp3) is 0.583. The maximum Gasteiger partial charge on any atom is 0.246 e. The Kier molecular flexibility index (Phi) is 2.87. The van der Waals surface area contributed by atoms with Crippen LogP contribution in [0.25, 0.3) is 0 Å². The van der Waals surface area contributed by atoms with Crippen molar-refractivity contribution in [1.29, 1.82) is 0 Å². The molecule has 1 aliphatic heterocycles. The molecule has 0 spiro atoms. The molecule has 6 nitrogen and oxygen atoms in total. The van der Waals surface area contributed by atoms with Crippen molar-refractivity contribution in [3.63, 3.8) is 0 Å². The minimum absolute atomic E-state index is 0.285. The van der Waals surface area contributed by atoms with E-state index in [4.69, 9.17) is 9.26 Å². The lowest BCUT2D eigenvalue weighted by atomic mass is 10.1. The van der Waals surface area contributed by atoms with Gasteiger partial charge < -0.3 is 13.8 Å². The van der Waals surface area contributed by atoms with Gasteiger partial charge in [0.25, 0.3) is 0 Å². The molecule has 2 aromatic heterocycles. The van der Waals surface area contributed by atoms with Gasteiger partial charge in [-0.25, -0.2) is 4.98 Å². The van der Waals surface area contributed by atoms with E-state index in [0.29, 0.717) is 19.0 Å². The Bertz CT molecular complexity index is 540. The number of nitrogens with zero attached hydrogens (tertiary/aromatic N) is 4. The van der Waals surface area contributed by atoms with E-state index in [-0.39, 0.29) is 5.92 Å². The number of imidazole rings is 1. The third-order valence-corrected chi connectivity index (χ3v) is 3.43. The van der Waals surface area contributed by atoms with Crippen molar-refractivity contribution in [3.05, 3.63) is 29.4 Å². The van der Waals surface area contributed by atoms with E-state index in [1.165, 1.54) is 0 Å². The summed E-state index contributed by atoms with van der Waals surface area (Å²) >= 11 is 0. The van der Waals surface area contributed by atoms with Gasteiger partial charge in [0.1, 0.15) is 6.54 Å². The van der Waals surface area contributed by atoms with Crippen LogP contribution in [-0.2, 0) is 11.3 Å². The van der Waals surface area contributed by atoms with Gasteiger partial charge in [-0.1, -0.05) is 5.16 Å². The molecular weight excluding hydrogens is 232 g/mol. The molecule has 96 valence electrons. The van der Waals surface area contributed by atoms with E-state index < -0.39 is 0 Å². The van der Waals surface area contributed by atoms with Crippen molar-refractivity contribution in [2.45, 2.75) is 32.7 Å². The highest BCUT2D eigenvalue weighted by molar-refractivity contribution is 5.09. The van der Waals surface area contributed by atoms with Gasteiger partial charge in [0.05, 0.1) is 18.6 Å². The Labute approximate surface area is 105 Å². The monoisotopic (exact) mass is 248 g/mol. The van der Waals surface area contributed by atoms with Crippen molar-refractivity contribution in [2.75, 3.05) is 13.2 Å². The van der Waals surface area contributed by atoms with E-state index >= 15 is 0 Å². The molecule has 1 saturated heterocycles. The summed E-state index contributed by atoms with van der Waals surface area (Å²) in [6, 6.07) is 0. The van der Waals surface area contributed by atoms with Crippen LogP contribution in [-0.4, -0.2) is 32.9 Å². The highest BCUT2D eigenvalue weighted by atomic mass is 16.5. The Morgan fingerprint density at radius 1 is 1.44 bits per heavy atom. The summed E-state index contributed by atoms with van der Waals surface area (Å²) in [6.07, 6.45) is 2.77. The Morgan fingerprint density at radius 2 is 2.33 bits per heavy atom. The lowest BCUT2D eigenvalue weighted by Gasteiger charge is -2.00. The van der Waals surface area contributed by atoms with Crippen LogP contribution in [0.3, 0.4) is 0 Å². The maximum absolute atomic E-state index is 5.32. The summed E-state index contributed by atoms with van der Waals surface area (Å²) in [4.78, 5) is 8.68. The summed E-state index contributed by atoms with van der Waals surface area (Å²) in [7, 11) is 0. The van der Waals surface area contributed by atoms with E-state index in [1.807, 2.05) is 18.4 Å². The van der Waals surface area contributed by atoms with Crippen molar-refractivity contribution in [1.82, 2.24) is 19.7 Å². The standard InChI is InChI=1S/C12H16N4O2/c1-8-9(2)16(7-13-8)5-11-14-12(15-18-11)10-3-4-17-6-10/h7,10H,3-6H2,1-2H3. The summed E-state index contributed by atoms with van der Waals surface area (Å²) in [5, 5.41) is 4.03. The molecule has 1 fully saturated rings. The van der Waals surface area contributed by atoms with Gasteiger partial charge in [0, 0.05) is 18.2 Å². The Morgan fingerprint density at radius 3 is 3.00 bits per heavy atom. The quantitative estimate of drug-likeness (QED) is 0.822. The second kappa shape index (κ2) is 4.53. The van der Waals surface area contributed by atoms with Gasteiger partial charge in [-0.3, -0.25) is 0 Å². The van der Waals surface area contributed by atoms with Crippen LogP contribution in [0.5, 0.6) is 0 Å². The first-order chi connectivity index (χ1) is 8.74. The first kappa shape index (κ1) is 11.4. The highest BCUT2D eigenvalue weighted by Gasteiger charge is 2.23. The second-order valence-corrected chi connectivity index (χ2v) is 4.65. The SMILES string of the molecule is Cc1ncn(Cc2nc(C3CCOC3)no2)c1C. The van der Waals surface area contributed by atoms with Crippen LogP contribution < -0.4 is 0 Å². The minimum Gasteiger partial charge on any atom is -0.381 e. The molecule has 0 saturated carbocycles. The fourth-order valence-electron chi connectivity index (χ4n) is 2.09. The third kappa shape index (κ3) is 2.03. The van der Waals surface area contributed by atoms with Crippen LogP contribution in [0.4, 0.5) is 0 Å². The van der Waals surface area contributed by atoms with Gasteiger partial charge in [0.2, 0.25) is 5.89 Å². The largest absolute Gasteiger partial charge is 0.381 e. The molecule has 2 aromatic rings. The lowest BCUT2D eigenvalue weighted by molar-refractivity contribution is 0.192. The normalized spacial score (nSPS) is 19.6. The molecule has 0 N–H and O–H groups in total. The molecule has 0 amide bonds. The lowest BCUT2D eigenvalue weighted by Crippen LogP contribution is -2.03. The van der Waals surface area contributed by atoms with E-state index in [2.05, 4.69) is 15.1 Å². The molecule has 0 bridgehead atoms. The van der Waals surface area contributed by atoms with Gasteiger partial charge in [0.15, 0.2) is 5.82 Å².